The van der Waals surface area contributed by atoms with Gasteiger partial charge in [0.1, 0.15) is 0 Å². The van der Waals surface area contributed by atoms with Crippen LogP contribution < -0.4 is 15.0 Å². The summed E-state index contributed by atoms with van der Waals surface area (Å²) >= 11 is 0. The van der Waals surface area contributed by atoms with Gasteiger partial charge in [0, 0.05) is 19.1 Å². The van der Waals surface area contributed by atoms with E-state index >= 15 is 0 Å². The van der Waals surface area contributed by atoms with Gasteiger partial charge in [0.25, 0.3) is 0 Å². The summed E-state index contributed by atoms with van der Waals surface area (Å²) in [5.41, 5.74) is 0. The molecule has 0 radical (unpaired) electrons. The zero-order chi connectivity index (χ0) is 15.2. The second-order valence-electron chi connectivity index (χ2n) is 5.81. The number of rotatable bonds is 9. The van der Waals surface area contributed by atoms with Gasteiger partial charge in [-0.15, -0.1) is 0 Å². The van der Waals surface area contributed by atoms with E-state index in [4.69, 9.17) is 4.74 Å². The highest BCUT2D eigenvalue weighted by Gasteiger charge is 2.27. The third kappa shape index (κ3) is 4.72. The van der Waals surface area contributed by atoms with E-state index in [1.54, 1.807) is 0 Å². The van der Waals surface area contributed by atoms with Crippen LogP contribution in [0, 0.1) is 5.92 Å². The molecule has 2 rings (SSSR count). The molecule has 6 heteroatoms. The number of nitrogens with one attached hydrogen (secondary N) is 1. The lowest BCUT2D eigenvalue weighted by Crippen LogP contribution is -2.34. The number of nitrogens with zero attached hydrogens (tertiary/aromatic N) is 4. The first-order valence-electron chi connectivity index (χ1n) is 8.03. The van der Waals surface area contributed by atoms with E-state index in [1.807, 2.05) is 6.92 Å². The molecule has 1 aromatic rings. The van der Waals surface area contributed by atoms with Gasteiger partial charge in [0.15, 0.2) is 0 Å². The first-order valence-corrected chi connectivity index (χ1v) is 8.03. The molecule has 1 aromatic heterocycles. The third-order valence-electron chi connectivity index (χ3n) is 3.41. The number of anilines is 2. The normalized spacial score (nSPS) is 14.3. The van der Waals surface area contributed by atoms with Crippen molar-refractivity contribution in [1.29, 1.82) is 0 Å². The summed E-state index contributed by atoms with van der Waals surface area (Å²) in [7, 11) is 0. The van der Waals surface area contributed by atoms with Crippen molar-refractivity contribution in [1.82, 2.24) is 15.0 Å². The molecule has 118 valence electrons. The predicted octanol–water partition coefficient (Wildman–Crippen LogP) is 2.72. The van der Waals surface area contributed by atoms with Crippen LogP contribution in [0.25, 0.3) is 0 Å². The van der Waals surface area contributed by atoms with Gasteiger partial charge in [0.2, 0.25) is 11.9 Å². The molecule has 1 saturated carbocycles. The van der Waals surface area contributed by atoms with E-state index in [0.717, 1.165) is 25.4 Å². The number of hydrogen-bond donors (Lipinski definition) is 1. The highest BCUT2D eigenvalue weighted by molar-refractivity contribution is 5.39. The van der Waals surface area contributed by atoms with Crippen molar-refractivity contribution < 1.29 is 4.74 Å². The maximum atomic E-state index is 5.60. The molecule has 0 aromatic carbocycles. The first kappa shape index (κ1) is 15.8. The topological polar surface area (TPSA) is 63.2 Å². The average Bonchev–Trinajstić information content (AvgIpc) is 3.26. The van der Waals surface area contributed by atoms with Gasteiger partial charge < -0.3 is 15.0 Å². The minimum absolute atomic E-state index is 0.363. The summed E-state index contributed by atoms with van der Waals surface area (Å²) in [5.74, 6) is 2.09. The van der Waals surface area contributed by atoms with Crippen LogP contribution >= 0.6 is 0 Å². The maximum Gasteiger partial charge on any atom is 0.323 e. The fourth-order valence-electron chi connectivity index (χ4n) is 2.07. The van der Waals surface area contributed by atoms with E-state index in [0.29, 0.717) is 30.6 Å². The zero-order valence-electron chi connectivity index (χ0n) is 13.6. The maximum absolute atomic E-state index is 5.60. The summed E-state index contributed by atoms with van der Waals surface area (Å²) < 4.78 is 5.60. The Morgan fingerprint density at radius 3 is 2.57 bits per heavy atom. The molecule has 0 bridgehead atoms. The molecule has 0 unspecified atom stereocenters. The van der Waals surface area contributed by atoms with E-state index in [1.165, 1.54) is 12.8 Å². The quantitative estimate of drug-likeness (QED) is 0.755. The van der Waals surface area contributed by atoms with Crippen LogP contribution in [0.3, 0.4) is 0 Å². The molecule has 1 N–H and O–H groups in total. The molecule has 0 amide bonds. The summed E-state index contributed by atoms with van der Waals surface area (Å²) in [4.78, 5) is 15.6. The largest absolute Gasteiger partial charge is 0.463 e. The number of ether oxygens (including phenoxy) is 1. The van der Waals surface area contributed by atoms with Crippen molar-refractivity contribution >= 4 is 11.9 Å². The van der Waals surface area contributed by atoms with Gasteiger partial charge in [-0.2, -0.15) is 15.0 Å². The van der Waals surface area contributed by atoms with Gasteiger partial charge in [0.05, 0.1) is 6.61 Å². The second-order valence-corrected chi connectivity index (χ2v) is 5.81. The van der Waals surface area contributed by atoms with Crippen molar-refractivity contribution in [3.8, 4) is 6.01 Å². The van der Waals surface area contributed by atoms with Gasteiger partial charge in [-0.1, -0.05) is 6.92 Å². The van der Waals surface area contributed by atoms with Gasteiger partial charge in [-0.3, -0.25) is 0 Å². The first-order chi connectivity index (χ1) is 10.1. The Morgan fingerprint density at radius 2 is 2.00 bits per heavy atom. The van der Waals surface area contributed by atoms with Crippen molar-refractivity contribution in [2.75, 3.05) is 29.9 Å². The summed E-state index contributed by atoms with van der Waals surface area (Å²) in [5, 5.41) is 3.16. The highest BCUT2D eigenvalue weighted by atomic mass is 16.5. The molecule has 1 heterocycles. The van der Waals surface area contributed by atoms with Crippen LogP contribution in [0.4, 0.5) is 11.9 Å². The molecule has 0 atom stereocenters. The van der Waals surface area contributed by atoms with Gasteiger partial charge in [-0.25, -0.2) is 0 Å². The zero-order valence-corrected chi connectivity index (χ0v) is 13.6. The molecule has 1 aliphatic carbocycles. The lowest BCUT2D eigenvalue weighted by molar-refractivity contribution is 0.291. The van der Waals surface area contributed by atoms with Crippen molar-refractivity contribution in [2.45, 2.75) is 53.0 Å². The Labute approximate surface area is 127 Å². The molecule has 1 fully saturated rings. The summed E-state index contributed by atoms with van der Waals surface area (Å²) in [6.45, 7) is 10.9. The Morgan fingerprint density at radius 1 is 1.24 bits per heavy atom. The smallest absolute Gasteiger partial charge is 0.323 e. The molecular formula is C15H27N5O. The molecule has 6 nitrogen and oxygen atoms in total. The molecular weight excluding hydrogens is 266 g/mol. The van der Waals surface area contributed by atoms with Gasteiger partial charge >= 0.3 is 6.01 Å². The predicted molar refractivity (Wildman–Crippen MR) is 85.0 cm³/mol. The Kier molecular flexibility index (Phi) is 5.59. The van der Waals surface area contributed by atoms with Gasteiger partial charge in [-0.05, 0) is 46.0 Å². The van der Waals surface area contributed by atoms with Crippen LogP contribution in [0.15, 0.2) is 0 Å². The number of aromatic nitrogens is 3. The third-order valence-corrected chi connectivity index (χ3v) is 3.41. The number of hydrogen-bond acceptors (Lipinski definition) is 6. The van der Waals surface area contributed by atoms with Crippen LogP contribution in [-0.2, 0) is 0 Å². The minimum Gasteiger partial charge on any atom is -0.463 e. The van der Waals surface area contributed by atoms with E-state index in [9.17, 15) is 0 Å². The highest BCUT2D eigenvalue weighted by Crippen LogP contribution is 2.31. The van der Waals surface area contributed by atoms with Crippen LogP contribution in [0.5, 0.6) is 6.01 Å². The minimum atomic E-state index is 0.363. The fraction of sp³-hybridized carbons (Fsp3) is 0.800. The van der Waals surface area contributed by atoms with E-state index < -0.39 is 0 Å². The van der Waals surface area contributed by atoms with Crippen molar-refractivity contribution in [3.63, 3.8) is 0 Å². The molecule has 0 saturated heterocycles. The standard InChI is InChI=1S/C15H27N5O/c1-5-9-21-15-18-13(16-6-2)17-14(19-15)20(11(3)4)10-12-7-8-12/h11-12H,5-10H2,1-4H3,(H,16,17,18,19). The van der Waals surface area contributed by atoms with Crippen LogP contribution in [0.2, 0.25) is 0 Å². The molecule has 0 spiro atoms. The van der Waals surface area contributed by atoms with Crippen LogP contribution in [0.1, 0.15) is 47.0 Å². The Hall–Kier alpha value is -1.59. The SMILES string of the molecule is CCCOc1nc(NCC)nc(N(CC2CC2)C(C)C)n1. The lowest BCUT2D eigenvalue weighted by atomic mass is 10.3. The van der Waals surface area contributed by atoms with Crippen LogP contribution in [-0.4, -0.2) is 40.7 Å². The average molecular weight is 293 g/mol. The second kappa shape index (κ2) is 7.43. The van der Waals surface area contributed by atoms with E-state index in [-0.39, 0.29) is 0 Å². The Bertz CT molecular complexity index is 448. The van der Waals surface area contributed by atoms with E-state index in [2.05, 4.69) is 45.9 Å². The molecule has 21 heavy (non-hydrogen) atoms. The summed E-state index contributed by atoms with van der Waals surface area (Å²) in [6, 6.07) is 0.778. The molecule has 0 aliphatic heterocycles. The summed E-state index contributed by atoms with van der Waals surface area (Å²) in [6.07, 6.45) is 3.56. The fourth-order valence-corrected chi connectivity index (χ4v) is 2.07. The van der Waals surface area contributed by atoms with Crippen molar-refractivity contribution in [3.05, 3.63) is 0 Å². The van der Waals surface area contributed by atoms with Crippen molar-refractivity contribution in [2.24, 2.45) is 5.92 Å². The molecule has 1 aliphatic rings. The Balaban J connectivity index is 2.22. The lowest BCUT2D eigenvalue weighted by Gasteiger charge is -2.27. The monoisotopic (exact) mass is 293 g/mol.